The Hall–Kier alpha value is -2.86. The summed E-state index contributed by atoms with van der Waals surface area (Å²) in [7, 11) is 0. The number of ether oxygens (including phenoxy) is 1. The first-order chi connectivity index (χ1) is 10.3. The fraction of sp³-hybridized carbons (Fsp3) is 0.0556. The van der Waals surface area contributed by atoms with E-state index in [0.29, 0.717) is 6.61 Å². The Kier molecular flexibility index (Phi) is 3.53. The number of hydrogen-bond acceptors (Lipinski definition) is 2. The van der Waals surface area contributed by atoms with Crippen molar-refractivity contribution < 1.29 is 9.13 Å². The molecular weight excluding hydrogens is 265 g/mol. The highest BCUT2D eigenvalue weighted by Gasteiger charge is 2.04. The third-order valence-electron chi connectivity index (χ3n) is 3.28. The summed E-state index contributed by atoms with van der Waals surface area (Å²) in [6.45, 7) is 0.299. The molecule has 0 amide bonds. The molecule has 0 unspecified atom stereocenters. The Bertz CT molecular complexity index is 836. The lowest BCUT2D eigenvalue weighted by molar-refractivity contribution is 0.306. The molecule has 0 saturated heterocycles. The summed E-state index contributed by atoms with van der Waals surface area (Å²) in [6, 6.07) is 20.1. The predicted octanol–water partition coefficient (Wildman–Crippen LogP) is 4.43. The van der Waals surface area contributed by atoms with Crippen LogP contribution in [-0.2, 0) is 6.61 Å². The van der Waals surface area contributed by atoms with Gasteiger partial charge in [-0.05, 0) is 40.6 Å². The van der Waals surface area contributed by atoms with Crippen LogP contribution in [0.5, 0.6) is 5.75 Å². The fourth-order valence-electron chi connectivity index (χ4n) is 2.17. The summed E-state index contributed by atoms with van der Waals surface area (Å²) in [5.41, 5.74) is 0.802. The Balaban J connectivity index is 1.78. The first-order valence-electron chi connectivity index (χ1n) is 6.56. The first kappa shape index (κ1) is 13.1. The van der Waals surface area contributed by atoms with Gasteiger partial charge in [-0.3, -0.25) is 0 Å². The topological polar surface area (TPSA) is 33.0 Å². The molecule has 0 saturated carbocycles. The van der Waals surface area contributed by atoms with E-state index >= 15 is 0 Å². The number of benzene rings is 3. The van der Waals surface area contributed by atoms with E-state index in [2.05, 4.69) is 0 Å². The molecule has 3 rings (SSSR count). The molecule has 0 N–H and O–H groups in total. The quantitative estimate of drug-likeness (QED) is 0.709. The van der Waals surface area contributed by atoms with E-state index in [0.717, 1.165) is 22.1 Å². The second-order valence-corrected chi connectivity index (χ2v) is 4.72. The summed E-state index contributed by atoms with van der Waals surface area (Å²) in [5.74, 6) is 0.239. The standard InChI is InChI=1S/C18H12FNO/c19-18-8-5-13(9-16(18)11-20)12-21-17-7-6-14-3-1-2-4-15(14)10-17/h1-10H,12H2. The lowest BCUT2D eigenvalue weighted by atomic mass is 10.1. The molecular formula is C18H12FNO. The van der Waals surface area contributed by atoms with E-state index in [-0.39, 0.29) is 5.56 Å². The number of halogens is 1. The van der Waals surface area contributed by atoms with Crippen LogP contribution in [0.3, 0.4) is 0 Å². The highest BCUT2D eigenvalue weighted by molar-refractivity contribution is 5.83. The van der Waals surface area contributed by atoms with Crippen LogP contribution in [0.1, 0.15) is 11.1 Å². The van der Waals surface area contributed by atoms with E-state index in [1.54, 1.807) is 6.07 Å². The zero-order valence-electron chi connectivity index (χ0n) is 11.2. The molecule has 0 aromatic heterocycles. The molecule has 0 bridgehead atoms. The van der Waals surface area contributed by atoms with Crippen molar-refractivity contribution in [3.05, 3.63) is 77.6 Å². The van der Waals surface area contributed by atoms with Crippen molar-refractivity contribution >= 4 is 10.8 Å². The summed E-state index contributed by atoms with van der Waals surface area (Å²) in [6.07, 6.45) is 0. The Morgan fingerprint density at radius 2 is 1.76 bits per heavy atom. The van der Waals surface area contributed by atoms with Crippen molar-refractivity contribution in [1.29, 1.82) is 5.26 Å². The number of nitriles is 1. The largest absolute Gasteiger partial charge is 0.489 e. The third kappa shape index (κ3) is 2.85. The summed E-state index contributed by atoms with van der Waals surface area (Å²) < 4.78 is 19.0. The molecule has 0 atom stereocenters. The van der Waals surface area contributed by atoms with Crippen LogP contribution in [0.4, 0.5) is 4.39 Å². The molecule has 102 valence electrons. The van der Waals surface area contributed by atoms with Gasteiger partial charge in [0, 0.05) is 0 Å². The first-order valence-corrected chi connectivity index (χ1v) is 6.56. The average Bonchev–Trinajstić information content (AvgIpc) is 2.54. The lowest BCUT2D eigenvalue weighted by Gasteiger charge is -2.08. The van der Waals surface area contributed by atoms with Gasteiger partial charge in [-0.2, -0.15) is 5.26 Å². The van der Waals surface area contributed by atoms with Crippen molar-refractivity contribution in [3.63, 3.8) is 0 Å². The molecule has 3 aromatic carbocycles. The molecule has 3 heteroatoms. The van der Waals surface area contributed by atoms with Gasteiger partial charge < -0.3 is 4.74 Å². The lowest BCUT2D eigenvalue weighted by Crippen LogP contribution is -1.97. The number of fused-ring (bicyclic) bond motifs is 1. The van der Waals surface area contributed by atoms with Crippen LogP contribution in [0.25, 0.3) is 10.8 Å². The fourth-order valence-corrected chi connectivity index (χ4v) is 2.17. The minimum Gasteiger partial charge on any atom is -0.489 e. The maximum absolute atomic E-state index is 13.2. The van der Waals surface area contributed by atoms with Crippen LogP contribution in [0.15, 0.2) is 60.7 Å². The predicted molar refractivity (Wildman–Crippen MR) is 79.4 cm³/mol. The SMILES string of the molecule is N#Cc1cc(COc2ccc3ccccc3c2)ccc1F. The zero-order chi connectivity index (χ0) is 14.7. The van der Waals surface area contributed by atoms with Gasteiger partial charge in [0.15, 0.2) is 0 Å². The normalized spacial score (nSPS) is 10.3. The maximum Gasteiger partial charge on any atom is 0.140 e. The van der Waals surface area contributed by atoms with Crippen LogP contribution in [-0.4, -0.2) is 0 Å². The Labute approximate surface area is 122 Å². The van der Waals surface area contributed by atoms with Gasteiger partial charge in [0.2, 0.25) is 0 Å². The van der Waals surface area contributed by atoms with Gasteiger partial charge in [0.05, 0.1) is 5.56 Å². The van der Waals surface area contributed by atoms with Gasteiger partial charge in [-0.25, -0.2) is 4.39 Å². The molecule has 2 nitrogen and oxygen atoms in total. The minimum absolute atomic E-state index is 0.0367. The molecule has 0 aliphatic heterocycles. The van der Waals surface area contributed by atoms with Crippen LogP contribution >= 0.6 is 0 Å². The summed E-state index contributed by atoms with van der Waals surface area (Å²) in [5, 5.41) is 11.1. The Morgan fingerprint density at radius 3 is 2.57 bits per heavy atom. The smallest absolute Gasteiger partial charge is 0.140 e. The summed E-state index contributed by atoms with van der Waals surface area (Å²) in [4.78, 5) is 0. The van der Waals surface area contributed by atoms with E-state index in [1.807, 2.05) is 48.5 Å². The van der Waals surface area contributed by atoms with Gasteiger partial charge >= 0.3 is 0 Å². The van der Waals surface area contributed by atoms with Crippen molar-refractivity contribution in [2.24, 2.45) is 0 Å². The molecule has 3 aromatic rings. The Morgan fingerprint density at radius 1 is 0.952 bits per heavy atom. The van der Waals surface area contributed by atoms with Crippen molar-refractivity contribution in [3.8, 4) is 11.8 Å². The van der Waals surface area contributed by atoms with Crippen LogP contribution in [0.2, 0.25) is 0 Å². The molecule has 0 aliphatic carbocycles. The maximum atomic E-state index is 13.2. The van der Waals surface area contributed by atoms with Gasteiger partial charge in [0.1, 0.15) is 24.2 Å². The molecule has 0 spiro atoms. The van der Waals surface area contributed by atoms with Crippen LogP contribution < -0.4 is 4.74 Å². The number of hydrogen-bond donors (Lipinski definition) is 0. The van der Waals surface area contributed by atoms with E-state index in [9.17, 15) is 4.39 Å². The van der Waals surface area contributed by atoms with Crippen molar-refractivity contribution in [1.82, 2.24) is 0 Å². The molecule has 0 radical (unpaired) electrons. The van der Waals surface area contributed by atoms with E-state index < -0.39 is 5.82 Å². The van der Waals surface area contributed by atoms with Gasteiger partial charge in [0.25, 0.3) is 0 Å². The molecule has 0 aliphatic rings. The van der Waals surface area contributed by atoms with E-state index in [4.69, 9.17) is 10.00 Å². The minimum atomic E-state index is -0.507. The highest BCUT2D eigenvalue weighted by Crippen LogP contribution is 2.21. The number of rotatable bonds is 3. The average molecular weight is 277 g/mol. The molecule has 21 heavy (non-hydrogen) atoms. The van der Waals surface area contributed by atoms with Gasteiger partial charge in [-0.15, -0.1) is 0 Å². The second kappa shape index (κ2) is 5.64. The molecule has 0 fully saturated rings. The summed E-state index contributed by atoms with van der Waals surface area (Å²) >= 11 is 0. The molecule has 0 heterocycles. The third-order valence-corrected chi connectivity index (χ3v) is 3.28. The van der Waals surface area contributed by atoms with E-state index in [1.165, 1.54) is 12.1 Å². The van der Waals surface area contributed by atoms with Crippen molar-refractivity contribution in [2.75, 3.05) is 0 Å². The van der Waals surface area contributed by atoms with Gasteiger partial charge in [-0.1, -0.05) is 36.4 Å². The second-order valence-electron chi connectivity index (χ2n) is 4.72. The zero-order valence-corrected chi connectivity index (χ0v) is 11.2. The number of nitrogens with zero attached hydrogens (tertiary/aromatic N) is 1. The monoisotopic (exact) mass is 277 g/mol. The van der Waals surface area contributed by atoms with Crippen molar-refractivity contribution in [2.45, 2.75) is 6.61 Å². The van der Waals surface area contributed by atoms with Crippen LogP contribution in [0, 0.1) is 17.1 Å². The highest BCUT2D eigenvalue weighted by atomic mass is 19.1.